The number of nitrogens with zero attached hydrogens (tertiary/aromatic N) is 1. The first-order chi connectivity index (χ1) is 8.74. The van der Waals surface area contributed by atoms with Crippen molar-refractivity contribution >= 4 is 11.8 Å². The first-order valence-corrected chi connectivity index (χ1v) is 7.48. The van der Waals surface area contributed by atoms with Crippen molar-refractivity contribution in [3.05, 3.63) is 35.1 Å². The van der Waals surface area contributed by atoms with Gasteiger partial charge in [0.05, 0.1) is 11.6 Å². The van der Waals surface area contributed by atoms with Gasteiger partial charge in [0.2, 0.25) is 0 Å². The van der Waals surface area contributed by atoms with Gasteiger partial charge in [-0.3, -0.25) is 0 Å². The lowest BCUT2D eigenvalue weighted by molar-refractivity contribution is 0.515. The van der Waals surface area contributed by atoms with Crippen molar-refractivity contribution in [2.24, 2.45) is 0 Å². The van der Waals surface area contributed by atoms with Gasteiger partial charge in [-0.2, -0.15) is 17.0 Å². The standard InChI is InChI=1S/C14H17FN2S/c1-18-14-4-2-3-13(14)17-9-11-6-5-10(8-16)7-12(11)15/h5-7,13-14,17H,2-4,9H2,1H3. The van der Waals surface area contributed by atoms with Crippen LogP contribution >= 0.6 is 11.8 Å². The fourth-order valence-corrected chi connectivity index (χ4v) is 3.41. The monoisotopic (exact) mass is 264 g/mol. The predicted octanol–water partition coefficient (Wildman–Crippen LogP) is 3.07. The molecule has 0 aromatic heterocycles. The van der Waals surface area contributed by atoms with Crippen molar-refractivity contribution in [2.45, 2.75) is 37.1 Å². The third kappa shape index (κ3) is 3.04. The topological polar surface area (TPSA) is 35.8 Å². The Bertz CT molecular complexity index is 456. The van der Waals surface area contributed by atoms with Crippen molar-refractivity contribution in [3.8, 4) is 6.07 Å². The van der Waals surface area contributed by atoms with E-state index in [-0.39, 0.29) is 5.82 Å². The maximum Gasteiger partial charge on any atom is 0.129 e. The van der Waals surface area contributed by atoms with E-state index in [9.17, 15) is 4.39 Å². The van der Waals surface area contributed by atoms with Crippen LogP contribution in [0.4, 0.5) is 4.39 Å². The van der Waals surface area contributed by atoms with Gasteiger partial charge in [-0.05, 0) is 31.2 Å². The Morgan fingerprint density at radius 1 is 1.50 bits per heavy atom. The molecule has 1 N–H and O–H groups in total. The molecule has 2 nitrogen and oxygen atoms in total. The van der Waals surface area contributed by atoms with E-state index in [0.29, 0.717) is 29.0 Å². The Morgan fingerprint density at radius 2 is 2.33 bits per heavy atom. The van der Waals surface area contributed by atoms with Gasteiger partial charge in [0, 0.05) is 23.4 Å². The second-order valence-corrected chi connectivity index (χ2v) is 5.69. The number of halogens is 1. The minimum Gasteiger partial charge on any atom is -0.309 e. The molecule has 0 aliphatic heterocycles. The summed E-state index contributed by atoms with van der Waals surface area (Å²) in [6, 6.07) is 7.10. The van der Waals surface area contributed by atoms with Gasteiger partial charge in [-0.15, -0.1) is 0 Å². The highest BCUT2D eigenvalue weighted by atomic mass is 32.2. The number of hydrogen-bond donors (Lipinski definition) is 1. The van der Waals surface area contributed by atoms with E-state index in [1.165, 1.54) is 25.3 Å². The molecule has 4 heteroatoms. The number of thioether (sulfide) groups is 1. The second-order valence-electron chi connectivity index (χ2n) is 4.61. The number of rotatable bonds is 4. The van der Waals surface area contributed by atoms with Gasteiger partial charge < -0.3 is 5.32 Å². The lowest BCUT2D eigenvalue weighted by atomic mass is 10.1. The van der Waals surface area contributed by atoms with Crippen LogP contribution in [0.1, 0.15) is 30.4 Å². The zero-order chi connectivity index (χ0) is 13.0. The average molecular weight is 264 g/mol. The highest BCUT2D eigenvalue weighted by molar-refractivity contribution is 7.99. The molecule has 96 valence electrons. The third-order valence-corrected chi connectivity index (χ3v) is 4.66. The van der Waals surface area contributed by atoms with Crippen LogP contribution in [0.5, 0.6) is 0 Å². The van der Waals surface area contributed by atoms with E-state index in [1.807, 2.05) is 17.8 Å². The Morgan fingerprint density at radius 3 is 3.00 bits per heavy atom. The minimum atomic E-state index is -0.291. The fraction of sp³-hybridized carbons (Fsp3) is 0.500. The summed E-state index contributed by atoms with van der Waals surface area (Å²) in [7, 11) is 0. The molecule has 0 heterocycles. The molecular formula is C14H17FN2S. The molecule has 2 rings (SSSR count). The maximum absolute atomic E-state index is 13.7. The Kier molecular flexibility index (Phi) is 4.62. The zero-order valence-corrected chi connectivity index (χ0v) is 11.3. The van der Waals surface area contributed by atoms with Crippen LogP contribution in [-0.4, -0.2) is 17.5 Å². The van der Waals surface area contributed by atoms with E-state index in [4.69, 9.17) is 5.26 Å². The van der Waals surface area contributed by atoms with Gasteiger partial charge in [-0.1, -0.05) is 12.5 Å². The highest BCUT2D eigenvalue weighted by Crippen LogP contribution is 2.28. The van der Waals surface area contributed by atoms with E-state index in [0.717, 1.165) is 0 Å². The quantitative estimate of drug-likeness (QED) is 0.908. The van der Waals surface area contributed by atoms with Crippen LogP contribution in [0, 0.1) is 17.1 Å². The molecule has 1 saturated carbocycles. The molecule has 18 heavy (non-hydrogen) atoms. The van der Waals surface area contributed by atoms with Crippen molar-refractivity contribution in [1.82, 2.24) is 5.32 Å². The normalized spacial score (nSPS) is 22.9. The largest absolute Gasteiger partial charge is 0.309 e. The predicted molar refractivity (Wildman–Crippen MR) is 72.9 cm³/mol. The van der Waals surface area contributed by atoms with E-state index >= 15 is 0 Å². The van der Waals surface area contributed by atoms with Crippen LogP contribution in [0.3, 0.4) is 0 Å². The summed E-state index contributed by atoms with van der Waals surface area (Å²) in [6.45, 7) is 0.541. The van der Waals surface area contributed by atoms with Gasteiger partial charge in [-0.25, -0.2) is 4.39 Å². The smallest absolute Gasteiger partial charge is 0.129 e. The van der Waals surface area contributed by atoms with Crippen molar-refractivity contribution in [3.63, 3.8) is 0 Å². The number of benzene rings is 1. The van der Waals surface area contributed by atoms with Gasteiger partial charge >= 0.3 is 0 Å². The van der Waals surface area contributed by atoms with Crippen LogP contribution in [0.2, 0.25) is 0 Å². The second kappa shape index (κ2) is 6.21. The van der Waals surface area contributed by atoms with Gasteiger partial charge in [0.15, 0.2) is 0 Å². The first-order valence-electron chi connectivity index (χ1n) is 6.19. The van der Waals surface area contributed by atoms with Crippen LogP contribution in [0.25, 0.3) is 0 Å². The Hall–Kier alpha value is -1.05. The Labute approximate surface area is 112 Å². The molecule has 1 aliphatic carbocycles. The average Bonchev–Trinajstić information content (AvgIpc) is 2.84. The van der Waals surface area contributed by atoms with E-state index < -0.39 is 0 Å². The zero-order valence-electron chi connectivity index (χ0n) is 10.4. The molecule has 1 aliphatic rings. The van der Waals surface area contributed by atoms with Crippen molar-refractivity contribution in [2.75, 3.05) is 6.26 Å². The van der Waals surface area contributed by atoms with Crippen LogP contribution in [-0.2, 0) is 6.54 Å². The van der Waals surface area contributed by atoms with Crippen LogP contribution in [0.15, 0.2) is 18.2 Å². The van der Waals surface area contributed by atoms with Gasteiger partial charge in [0.1, 0.15) is 5.82 Å². The molecule has 1 aromatic rings. The molecule has 0 saturated heterocycles. The first kappa shape index (κ1) is 13.4. The van der Waals surface area contributed by atoms with Gasteiger partial charge in [0.25, 0.3) is 0 Å². The van der Waals surface area contributed by atoms with Crippen molar-refractivity contribution in [1.29, 1.82) is 5.26 Å². The molecule has 0 radical (unpaired) electrons. The summed E-state index contributed by atoms with van der Waals surface area (Å²) in [6.07, 6.45) is 5.80. The Balaban J connectivity index is 1.96. The molecule has 0 bridgehead atoms. The maximum atomic E-state index is 13.7. The minimum absolute atomic E-state index is 0.291. The molecule has 2 atom stereocenters. The number of nitrogens with one attached hydrogen (secondary N) is 1. The molecule has 0 spiro atoms. The summed E-state index contributed by atoms with van der Waals surface area (Å²) in [4.78, 5) is 0. The fourth-order valence-electron chi connectivity index (χ4n) is 2.44. The number of hydrogen-bond acceptors (Lipinski definition) is 3. The number of nitriles is 1. The molecule has 2 unspecified atom stereocenters. The highest BCUT2D eigenvalue weighted by Gasteiger charge is 2.25. The van der Waals surface area contributed by atoms with E-state index in [2.05, 4.69) is 11.6 Å². The molecule has 1 fully saturated rings. The van der Waals surface area contributed by atoms with Crippen LogP contribution < -0.4 is 5.32 Å². The van der Waals surface area contributed by atoms with E-state index in [1.54, 1.807) is 12.1 Å². The summed E-state index contributed by atoms with van der Waals surface area (Å²) < 4.78 is 13.7. The molecule has 1 aromatic carbocycles. The summed E-state index contributed by atoms with van der Waals surface area (Å²) in [5.74, 6) is -0.291. The third-order valence-electron chi connectivity index (χ3n) is 3.49. The SMILES string of the molecule is CSC1CCCC1NCc1ccc(C#N)cc1F. The summed E-state index contributed by atoms with van der Waals surface area (Å²) in [5.41, 5.74) is 1.01. The summed E-state index contributed by atoms with van der Waals surface area (Å²) >= 11 is 1.89. The molecular weight excluding hydrogens is 247 g/mol. The van der Waals surface area contributed by atoms with Crippen molar-refractivity contribution < 1.29 is 4.39 Å². The lowest BCUT2D eigenvalue weighted by Gasteiger charge is -2.19. The lowest BCUT2D eigenvalue weighted by Crippen LogP contribution is -2.33. The molecule has 0 amide bonds. The summed E-state index contributed by atoms with van der Waals surface area (Å²) in [5, 5.41) is 12.8.